The predicted molar refractivity (Wildman–Crippen MR) is 107 cm³/mol. The minimum Gasteiger partial charge on any atom is -0.466 e. The van der Waals surface area contributed by atoms with Crippen LogP contribution in [0.3, 0.4) is 0 Å². The third-order valence-electron chi connectivity index (χ3n) is 6.68. The van der Waals surface area contributed by atoms with Gasteiger partial charge in [-0.05, 0) is 63.2 Å². The number of ether oxygens (including phenoxy) is 2. The van der Waals surface area contributed by atoms with E-state index in [0.29, 0.717) is 26.1 Å². The van der Waals surface area contributed by atoms with E-state index in [1.54, 1.807) is 0 Å². The lowest BCUT2D eigenvalue weighted by Gasteiger charge is -2.41. The topological polar surface area (TPSA) is 52.6 Å². The van der Waals surface area contributed by atoms with E-state index < -0.39 is 0 Å². The van der Waals surface area contributed by atoms with E-state index in [1.165, 1.54) is 83.5 Å². The SMILES string of the molecule is CCOC(=O)CC1(CCCCCCCCC2(CC(=O)OCC)CC2)CCC1. The van der Waals surface area contributed by atoms with E-state index in [-0.39, 0.29) is 22.8 Å². The number of rotatable bonds is 15. The van der Waals surface area contributed by atoms with Crippen LogP contribution < -0.4 is 0 Å². The molecule has 2 aliphatic rings. The van der Waals surface area contributed by atoms with E-state index in [1.807, 2.05) is 13.8 Å². The average molecular weight is 381 g/mol. The van der Waals surface area contributed by atoms with Gasteiger partial charge in [0.25, 0.3) is 0 Å². The normalized spacial score (nSPS) is 19.2. The Morgan fingerprint density at radius 1 is 0.667 bits per heavy atom. The van der Waals surface area contributed by atoms with Crippen molar-refractivity contribution in [3.8, 4) is 0 Å². The van der Waals surface area contributed by atoms with E-state index >= 15 is 0 Å². The molecule has 0 aromatic heterocycles. The molecule has 0 heterocycles. The summed E-state index contributed by atoms with van der Waals surface area (Å²) in [5, 5.41) is 0. The summed E-state index contributed by atoms with van der Waals surface area (Å²) in [4.78, 5) is 23.5. The first-order valence-electron chi connectivity index (χ1n) is 11.3. The lowest BCUT2D eigenvalue weighted by Crippen LogP contribution is -2.32. The Hall–Kier alpha value is -1.06. The Morgan fingerprint density at radius 3 is 1.41 bits per heavy atom. The monoisotopic (exact) mass is 380 g/mol. The first kappa shape index (κ1) is 22.2. The molecule has 0 aromatic rings. The second kappa shape index (κ2) is 11.1. The van der Waals surface area contributed by atoms with Crippen LogP contribution in [0.1, 0.15) is 110 Å². The summed E-state index contributed by atoms with van der Waals surface area (Å²) >= 11 is 0. The molecule has 2 aliphatic carbocycles. The quantitative estimate of drug-likeness (QED) is 0.260. The maximum atomic E-state index is 11.8. The Bertz CT molecular complexity index is 463. The Kier molecular flexibility index (Phi) is 9.11. The summed E-state index contributed by atoms with van der Waals surface area (Å²) < 4.78 is 10.2. The van der Waals surface area contributed by atoms with Gasteiger partial charge in [0.05, 0.1) is 26.1 Å². The van der Waals surface area contributed by atoms with Gasteiger partial charge in [0.2, 0.25) is 0 Å². The van der Waals surface area contributed by atoms with Gasteiger partial charge in [-0.25, -0.2) is 0 Å². The molecule has 4 heteroatoms. The van der Waals surface area contributed by atoms with Crippen molar-refractivity contribution in [1.29, 1.82) is 0 Å². The maximum Gasteiger partial charge on any atom is 0.306 e. The predicted octanol–water partition coefficient (Wildman–Crippen LogP) is 5.96. The smallest absolute Gasteiger partial charge is 0.306 e. The molecule has 0 bridgehead atoms. The molecule has 0 unspecified atom stereocenters. The van der Waals surface area contributed by atoms with Crippen LogP contribution in [0.4, 0.5) is 0 Å². The van der Waals surface area contributed by atoms with E-state index in [2.05, 4.69) is 0 Å². The zero-order valence-corrected chi connectivity index (χ0v) is 17.7. The minimum absolute atomic E-state index is 0.00553. The summed E-state index contributed by atoms with van der Waals surface area (Å²) in [5.74, 6) is -0.0169. The highest BCUT2D eigenvalue weighted by Crippen LogP contribution is 2.53. The molecule has 0 radical (unpaired) electrons. The molecule has 2 saturated carbocycles. The summed E-state index contributed by atoms with van der Waals surface area (Å²) in [6.45, 7) is 4.75. The molecule has 0 saturated heterocycles. The molecule has 2 fully saturated rings. The molecular weight excluding hydrogens is 340 g/mol. The number of unbranched alkanes of at least 4 members (excludes halogenated alkanes) is 5. The van der Waals surface area contributed by atoms with Crippen molar-refractivity contribution in [2.24, 2.45) is 10.8 Å². The molecule has 0 spiro atoms. The molecule has 0 aliphatic heterocycles. The highest BCUT2D eigenvalue weighted by atomic mass is 16.5. The molecule has 0 amide bonds. The third kappa shape index (κ3) is 7.83. The first-order chi connectivity index (χ1) is 13.0. The fourth-order valence-corrected chi connectivity index (χ4v) is 4.63. The van der Waals surface area contributed by atoms with Crippen LogP contribution in [-0.4, -0.2) is 25.2 Å². The second-order valence-electron chi connectivity index (χ2n) is 8.94. The summed E-state index contributed by atoms with van der Waals surface area (Å²) in [5.41, 5.74) is 0.549. The largest absolute Gasteiger partial charge is 0.466 e. The number of hydrogen-bond donors (Lipinski definition) is 0. The van der Waals surface area contributed by atoms with Crippen LogP contribution in [-0.2, 0) is 19.1 Å². The Morgan fingerprint density at radius 2 is 1.07 bits per heavy atom. The summed E-state index contributed by atoms with van der Waals surface area (Å²) in [6, 6.07) is 0. The lowest BCUT2D eigenvalue weighted by molar-refractivity contribution is -0.148. The van der Waals surface area contributed by atoms with Crippen molar-refractivity contribution in [2.75, 3.05) is 13.2 Å². The van der Waals surface area contributed by atoms with Crippen LogP contribution in [0.25, 0.3) is 0 Å². The van der Waals surface area contributed by atoms with Gasteiger partial charge < -0.3 is 9.47 Å². The molecule has 0 aromatic carbocycles. The van der Waals surface area contributed by atoms with Crippen molar-refractivity contribution in [3.05, 3.63) is 0 Å². The van der Waals surface area contributed by atoms with E-state index in [4.69, 9.17) is 9.47 Å². The summed E-state index contributed by atoms with van der Waals surface area (Å²) in [7, 11) is 0. The Labute approximate surface area is 165 Å². The standard InChI is InChI=1S/C23H40O4/c1-3-26-20(24)18-22(14-11-15-22)12-9-7-5-6-8-10-13-23(16-17-23)19-21(25)27-4-2/h3-19H2,1-2H3. The fourth-order valence-electron chi connectivity index (χ4n) is 4.63. The molecule has 0 atom stereocenters. The first-order valence-corrected chi connectivity index (χ1v) is 11.3. The van der Waals surface area contributed by atoms with Crippen LogP contribution in [0.2, 0.25) is 0 Å². The van der Waals surface area contributed by atoms with Gasteiger partial charge in [-0.3, -0.25) is 9.59 Å². The molecule has 0 N–H and O–H groups in total. The van der Waals surface area contributed by atoms with Gasteiger partial charge in [0.15, 0.2) is 0 Å². The van der Waals surface area contributed by atoms with Gasteiger partial charge in [0.1, 0.15) is 0 Å². The van der Waals surface area contributed by atoms with Crippen molar-refractivity contribution in [3.63, 3.8) is 0 Å². The van der Waals surface area contributed by atoms with Gasteiger partial charge >= 0.3 is 11.9 Å². The van der Waals surface area contributed by atoms with Gasteiger partial charge in [-0.2, -0.15) is 0 Å². The van der Waals surface area contributed by atoms with E-state index in [0.717, 1.165) is 0 Å². The maximum absolute atomic E-state index is 11.8. The number of hydrogen-bond acceptors (Lipinski definition) is 4. The zero-order chi connectivity index (χ0) is 19.6. The van der Waals surface area contributed by atoms with Gasteiger partial charge in [-0.15, -0.1) is 0 Å². The van der Waals surface area contributed by atoms with Crippen LogP contribution >= 0.6 is 0 Å². The molecule has 156 valence electrons. The highest BCUT2D eigenvalue weighted by molar-refractivity contribution is 5.71. The van der Waals surface area contributed by atoms with Crippen molar-refractivity contribution in [2.45, 2.75) is 110 Å². The van der Waals surface area contributed by atoms with Crippen molar-refractivity contribution >= 4 is 11.9 Å². The number of carbonyl (C=O) groups is 2. The average Bonchev–Trinajstić information content (AvgIpc) is 3.34. The molecule has 2 rings (SSSR count). The van der Waals surface area contributed by atoms with Crippen molar-refractivity contribution in [1.82, 2.24) is 0 Å². The Balaban J connectivity index is 1.48. The fraction of sp³-hybridized carbons (Fsp3) is 0.913. The third-order valence-corrected chi connectivity index (χ3v) is 6.68. The van der Waals surface area contributed by atoms with Crippen molar-refractivity contribution < 1.29 is 19.1 Å². The summed E-state index contributed by atoms with van der Waals surface area (Å²) in [6.07, 6.45) is 17.3. The lowest BCUT2D eigenvalue weighted by atomic mass is 9.64. The minimum atomic E-state index is -0.0114. The molecule has 27 heavy (non-hydrogen) atoms. The van der Waals surface area contributed by atoms with Crippen LogP contribution in [0.5, 0.6) is 0 Å². The molecular formula is C23H40O4. The second-order valence-corrected chi connectivity index (χ2v) is 8.94. The van der Waals surface area contributed by atoms with Gasteiger partial charge in [-0.1, -0.05) is 44.9 Å². The van der Waals surface area contributed by atoms with Gasteiger partial charge in [0, 0.05) is 0 Å². The number of esters is 2. The number of carbonyl (C=O) groups excluding carboxylic acids is 2. The van der Waals surface area contributed by atoms with Crippen LogP contribution in [0.15, 0.2) is 0 Å². The zero-order valence-electron chi connectivity index (χ0n) is 17.7. The highest BCUT2D eigenvalue weighted by Gasteiger charge is 2.43. The molecule has 4 nitrogen and oxygen atoms in total. The van der Waals surface area contributed by atoms with Crippen LogP contribution in [0, 0.1) is 10.8 Å². The van der Waals surface area contributed by atoms with E-state index in [9.17, 15) is 9.59 Å².